The maximum atomic E-state index is 4.25. The third kappa shape index (κ3) is 2.16. The Kier molecular flexibility index (Phi) is 3.21. The lowest BCUT2D eigenvalue weighted by Gasteiger charge is -2.11. The number of hydrogen-bond acceptors (Lipinski definition) is 2. The average Bonchev–Trinajstić information content (AvgIpc) is 2.67. The van der Waals surface area contributed by atoms with Crippen molar-refractivity contribution in [1.82, 2.24) is 0 Å². The van der Waals surface area contributed by atoms with Gasteiger partial charge in [0.1, 0.15) is 0 Å². The Morgan fingerprint density at radius 1 is 1.05 bits per heavy atom. The van der Waals surface area contributed by atoms with E-state index in [2.05, 4.69) is 59.4 Å². The van der Waals surface area contributed by atoms with Crippen LogP contribution < -0.4 is 5.32 Å². The van der Waals surface area contributed by atoms with E-state index in [9.17, 15) is 0 Å². The molecule has 2 aromatic rings. The summed E-state index contributed by atoms with van der Waals surface area (Å²) in [5, 5.41) is 3.49. The fraction of sp³-hybridized carbons (Fsp3) is 0.0556. The third-order valence-corrected chi connectivity index (χ3v) is 3.46. The lowest BCUT2D eigenvalue weighted by Crippen LogP contribution is -1.99. The first kappa shape index (κ1) is 12.4. The number of hydrogen-bond donors (Lipinski definition) is 1. The highest BCUT2D eigenvalue weighted by atomic mass is 14.9. The van der Waals surface area contributed by atoms with Crippen LogP contribution in [-0.4, -0.2) is 12.8 Å². The first-order valence-electron chi connectivity index (χ1n) is 6.59. The maximum Gasteiger partial charge on any atom is 0.0638 e. The summed E-state index contributed by atoms with van der Waals surface area (Å²) in [7, 11) is 1.78. The molecule has 0 atom stereocenters. The van der Waals surface area contributed by atoms with E-state index in [0.717, 1.165) is 22.6 Å². The second kappa shape index (κ2) is 5.17. The molecule has 0 saturated heterocycles. The Hall–Kier alpha value is -2.61. The molecule has 1 heterocycles. The lowest BCUT2D eigenvalue weighted by molar-refractivity contribution is 1.43. The Balaban J connectivity index is 2.09. The van der Waals surface area contributed by atoms with E-state index >= 15 is 0 Å². The second-order valence-corrected chi connectivity index (χ2v) is 4.66. The molecule has 98 valence electrons. The molecule has 0 unspecified atom stereocenters. The predicted molar refractivity (Wildman–Crippen MR) is 87.8 cm³/mol. The van der Waals surface area contributed by atoms with Gasteiger partial charge in [0.25, 0.3) is 0 Å². The Morgan fingerprint density at radius 2 is 1.80 bits per heavy atom. The Labute approximate surface area is 119 Å². The van der Waals surface area contributed by atoms with Gasteiger partial charge in [-0.2, -0.15) is 0 Å². The van der Waals surface area contributed by atoms with E-state index < -0.39 is 0 Å². The van der Waals surface area contributed by atoms with Gasteiger partial charge in [-0.1, -0.05) is 49.1 Å². The standard InChI is InChI=1S/C18H16N2/c1-3-16(19-2)15-11-10-14-9-8-13-6-4-5-7-17(13)20-18(14)12-15/h3-12,20H,1H2,2H3. The highest BCUT2D eigenvalue weighted by Gasteiger charge is 2.09. The minimum atomic E-state index is 0.899. The van der Waals surface area contributed by atoms with Crippen LogP contribution in [0.4, 0.5) is 11.4 Å². The largest absolute Gasteiger partial charge is 0.355 e. The summed E-state index contributed by atoms with van der Waals surface area (Å²) in [5.41, 5.74) is 6.54. The van der Waals surface area contributed by atoms with Crippen molar-refractivity contribution in [2.75, 3.05) is 12.4 Å². The second-order valence-electron chi connectivity index (χ2n) is 4.66. The summed E-state index contributed by atoms with van der Waals surface area (Å²) in [5.74, 6) is 0. The van der Waals surface area contributed by atoms with Gasteiger partial charge >= 0.3 is 0 Å². The smallest absolute Gasteiger partial charge is 0.0638 e. The molecule has 1 N–H and O–H groups in total. The number of benzene rings is 2. The quantitative estimate of drug-likeness (QED) is 0.673. The van der Waals surface area contributed by atoms with E-state index in [1.54, 1.807) is 13.1 Å². The van der Waals surface area contributed by atoms with Gasteiger partial charge in [-0.05, 0) is 29.3 Å². The van der Waals surface area contributed by atoms with Gasteiger partial charge in [-0.25, -0.2) is 0 Å². The van der Waals surface area contributed by atoms with Crippen LogP contribution in [-0.2, 0) is 0 Å². The van der Waals surface area contributed by atoms with Gasteiger partial charge < -0.3 is 5.32 Å². The topological polar surface area (TPSA) is 24.4 Å². The van der Waals surface area contributed by atoms with Crippen LogP contribution in [0.1, 0.15) is 16.7 Å². The number of allylic oxidation sites excluding steroid dienone is 1. The molecule has 2 aromatic carbocycles. The van der Waals surface area contributed by atoms with Crippen LogP contribution in [0.3, 0.4) is 0 Å². The first-order valence-corrected chi connectivity index (χ1v) is 6.59. The monoisotopic (exact) mass is 260 g/mol. The number of rotatable bonds is 2. The zero-order chi connectivity index (χ0) is 13.9. The average molecular weight is 260 g/mol. The molecule has 20 heavy (non-hydrogen) atoms. The highest BCUT2D eigenvalue weighted by molar-refractivity contribution is 6.09. The SMILES string of the molecule is C=CC(=NC)c1ccc2c(c1)Nc1ccccc1C=C2. The van der Waals surface area contributed by atoms with E-state index in [1.165, 1.54) is 11.1 Å². The van der Waals surface area contributed by atoms with Gasteiger partial charge in [0, 0.05) is 24.0 Å². The summed E-state index contributed by atoms with van der Waals surface area (Å²) in [4.78, 5) is 4.25. The fourth-order valence-electron chi connectivity index (χ4n) is 2.39. The van der Waals surface area contributed by atoms with Gasteiger partial charge in [0.05, 0.1) is 5.71 Å². The van der Waals surface area contributed by atoms with Crippen LogP contribution >= 0.6 is 0 Å². The molecule has 1 aliphatic heterocycles. The summed E-state index contributed by atoms with van der Waals surface area (Å²) < 4.78 is 0. The van der Waals surface area contributed by atoms with Crippen molar-refractivity contribution in [3.63, 3.8) is 0 Å². The van der Waals surface area contributed by atoms with Crippen molar-refractivity contribution < 1.29 is 0 Å². The van der Waals surface area contributed by atoms with Crippen molar-refractivity contribution in [2.45, 2.75) is 0 Å². The van der Waals surface area contributed by atoms with Crippen LogP contribution in [0.5, 0.6) is 0 Å². The Morgan fingerprint density at radius 3 is 2.55 bits per heavy atom. The van der Waals surface area contributed by atoms with Crippen molar-refractivity contribution in [3.8, 4) is 0 Å². The number of para-hydroxylation sites is 1. The molecule has 0 amide bonds. The molecule has 0 aliphatic carbocycles. The summed E-state index contributed by atoms with van der Waals surface area (Å²) in [6.07, 6.45) is 6.05. The zero-order valence-electron chi connectivity index (χ0n) is 11.4. The van der Waals surface area contributed by atoms with E-state index in [1.807, 2.05) is 12.1 Å². The van der Waals surface area contributed by atoms with Gasteiger partial charge in [-0.3, -0.25) is 4.99 Å². The number of nitrogens with zero attached hydrogens (tertiary/aromatic N) is 1. The molecule has 0 bridgehead atoms. The van der Waals surface area contributed by atoms with E-state index in [0.29, 0.717) is 0 Å². The van der Waals surface area contributed by atoms with Crippen LogP contribution in [0.15, 0.2) is 60.1 Å². The lowest BCUT2D eigenvalue weighted by atomic mass is 10.0. The van der Waals surface area contributed by atoms with Crippen molar-refractivity contribution >= 4 is 29.2 Å². The predicted octanol–water partition coefficient (Wildman–Crippen LogP) is 4.52. The summed E-state index contributed by atoms with van der Waals surface area (Å²) in [6, 6.07) is 14.6. The molecule has 0 saturated carbocycles. The number of nitrogens with one attached hydrogen (secondary N) is 1. The number of fused-ring (bicyclic) bond motifs is 2. The number of aliphatic imine (C=N–C) groups is 1. The van der Waals surface area contributed by atoms with Crippen molar-refractivity contribution in [1.29, 1.82) is 0 Å². The normalized spacial score (nSPS) is 12.9. The molecule has 2 nitrogen and oxygen atoms in total. The highest BCUT2D eigenvalue weighted by Crippen LogP contribution is 2.30. The molecular weight excluding hydrogens is 244 g/mol. The minimum Gasteiger partial charge on any atom is -0.355 e. The fourth-order valence-corrected chi connectivity index (χ4v) is 2.39. The summed E-state index contributed by atoms with van der Waals surface area (Å²) >= 11 is 0. The maximum absolute atomic E-state index is 4.25. The molecule has 3 rings (SSSR count). The van der Waals surface area contributed by atoms with Gasteiger partial charge in [0.15, 0.2) is 0 Å². The molecule has 1 aliphatic rings. The molecule has 0 radical (unpaired) electrons. The summed E-state index contributed by atoms with van der Waals surface area (Å²) in [6.45, 7) is 3.81. The van der Waals surface area contributed by atoms with Crippen LogP contribution in [0, 0.1) is 0 Å². The molecule has 2 heteroatoms. The van der Waals surface area contributed by atoms with E-state index in [-0.39, 0.29) is 0 Å². The third-order valence-electron chi connectivity index (χ3n) is 3.46. The molecule has 0 aromatic heterocycles. The van der Waals surface area contributed by atoms with Gasteiger partial charge in [0.2, 0.25) is 0 Å². The Bertz CT molecular complexity index is 724. The molecule has 0 spiro atoms. The molecular formula is C18H16N2. The first-order chi connectivity index (χ1) is 9.81. The van der Waals surface area contributed by atoms with E-state index in [4.69, 9.17) is 0 Å². The molecule has 0 fully saturated rings. The van der Waals surface area contributed by atoms with Crippen LogP contribution in [0.25, 0.3) is 12.2 Å². The van der Waals surface area contributed by atoms with Gasteiger partial charge in [-0.15, -0.1) is 0 Å². The minimum absolute atomic E-state index is 0.899. The van der Waals surface area contributed by atoms with Crippen molar-refractivity contribution in [3.05, 3.63) is 71.8 Å². The van der Waals surface area contributed by atoms with Crippen molar-refractivity contribution in [2.24, 2.45) is 4.99 Å². The van der Waals surface area contributed by atoms with Crippen LogP contribution in [0.2, 0.25) is 0 Å². The number of anilines is 2. The zero-order valence-corrected chi connectivity index (χ0v) is 11.4.